The first-order chi connectivity index (χ1) is 4.76. The van der Waals surface area contributed by atoms with E-state index in [-0.39, 0.29) is 0 Å². The Morgan fingerprint density at radius 3 is 2.90 bits per heavy atom. The van der Waals surface area contributed by atoms with E-state index < -0.39 is 12.0 Å². The van der Waals surface area contributed by atoms with Crippen molar-refractivity contribution in [1.82, 2.24) is 5.48 Å². The van der Waals surface area contributed by atoms with Crippen molar-refractivity contribution < 1.29 is 14.7 Å². The fourth-order valence-corrected chi connectivity index (χ4v) is 0.511. The lowest BCUT2D eigenvalue weighted by Crippen LogP contribution is -2.34. The van der Waals surface area contributed by atoms with Gasteiger partial charge in [0.25, 0.3) is 0 Å². The molecule has 0 aliphatic rings. The molecule has 0 amide bonds. The van der Waals surface area contributed by atoms with E-state index in [1.165, 1.54) is 13.2 Å². The number of carbonyl (C=O) groups excluding carboxylic acids is 1. The number of nitrogens with one attached hydrogen (secondary N) is 1. The molecule has 0 aromatic carbocycles. The second-order valence-electron chi connectivity index (χ2n) is 1.73. The van der Waals surface area contributed by atoms with E-state index in [0.29, 0.717) is 6.42 Å². The highest BCUT2D eigenvalue weighted by molar-refractivity contribution is 5.75. The van der Waals surface area contributed by atoms with Gasteiger partial charge in [0.2, 0.25) is 0 Å². The highest BCUT2D eigenvalue weighted by Gasteiger charge is 2.14. The third kappa shape index (κ3) is 2.61. The van der Waals surface area contributed by atoms with E-state index in [9.17, 15) is 4.79 Å². The van der Waals surface area contributed by atoms with Crippen molar-refractivity contribution in [3.05, 3.63) is 12.7 Å². The molecule has 0 heterocycles. The lowest BCUT2D eigenvalue weighted by Gasteiger charge is -2.08. The molecule has 58 valence electrons. The van der Waals surface area contributed by atoms with Crippen LogP contribution in [0.3, 0.4) is 0 Å². The van der Waals surface area contributed by atoms with Crippen LogP contribution in [0.5, 0.6) is 0 Å². The Labute approximate surface area is 59.4 Å². The van der Waals surface area contributed by atoms with Crippen molar-refractivity contribution in [2.24, 2.45) is 0 Å². The van der Waals surface area contributed by atoms with Crippen LogP contribution in [0.4, 0.5) is 0 Å². The predicted octanol–water partition coefficient (Wildman–Crippen LogP) is 0.0829. The number of hydroxylamine groups is 1. The molecule has 4 nitrogen and oxygen atoms in total. The highest BCUT2D eigenvalue weighted by Crippen LogP contribution is 1.93. The molecule has 0 saturated carbocycles. The molecule has 1 unspecified atom stereocenters. The normalized spacial score (nSPS) is 12.2. The van der Waals surface area contributed by atoms with Crippen LogP contribution in [-0.4, -0.2) is 24.3 Å². The molecule has 0 aromatic rings. The van der Waals surface area contributed by atoms with Gasteiger partial charge in [0.15, 0.2) is 0 Å². The number of hydrogen-bond acceptors (Lipinski definition) is 4. The molecular weight excluding hydrogens is 134 g/mol. The van der Waals surface area contributed by atoms with Gasteiger partial charge in [-0.1, -0.05) is 6.08 Å². The van der Waals surface area contributed by atoms with Gasteiger partial charge in [-0.3, -0.25) is 4.79 Å². The van der Waals surface area contributed by atoms with Crippen LogP contribution in [0.25, 0.3) is 0 Å². The van der Waals surface area contributed by atoms with Crippen molar-refractivity contribution in [2.45, 2.75) is 12.5 Å². The summed E-state index contributed by atoms with van der Waals surface area (Å²) in [7, 11) is 1.26. The summed E-state index contributed by atoms with van der Waals surface area (Å²) >= 11 is 0. The van der Waals surface area contributed by atoms with Crippen molar-refractivity contribution in [2.75, 3.05) is 7.11 Å². The summed E-state index contributed by atoms with van der Waals surface area (Å²) in [5.74, 6) is -0.498. The summed E-state index contributed by atoms with van der Waals surface area (Å²) in [6, 6.07) is -0.692. The smallest absolute Gasteiger partial charge is 0.325 e. The summed E-state index contributed by atoms with van der Waals surface area (Å²) in [5.41, 5.74) is 1.81. The molecule has 0 bridgehead atoms. The number of ether oxygens (including phenoxy) is 1. The van der Waals surface area contributed by atoms with E-state index in [1.807, 2.05) is 5.48 Å². The fraction of sp³-hybridized carbons (Fsp3) is 0.500. The van der Waals surface area contributed by atoms with Gasteiger partial charge in [0.05, 0.1) is 7.11 Å². The first-order valence-electron chi connectivity index (χ1n) is 2.84. The lowest BCUT2D eigenvalue weighted by molar-refractivity contribution is -0.145. The Balaban J connectivity index is 3.79. The molecule has 0 aliphatic carbocycles. The third-order valence-electron chi connectivity index (χ3n) is 1.04. The maximum Gasteiger partial charge on any atom is 0.325 e. The Morgan fingerprint density at radius 2 is 2.60 bits per heavy atom. The van der Waals surface area contributed by atoms with Gasteiger partial charge in [-0.25, -0.2) is 0 Å². The summed E-state index contributed by atoms with van der Waals surface area (Å²) in [5, 5.41) is 8.36. The molecule has 10 heavy (non-hydrogen) atoms. The zero-order valence-electron chi connectivity index (χ0n) is 5.83. The Morgan fingerprint density at radius 1 is 2.00 bits per heavy atom. The zero-order chi connectivity index (χ0) is 7.98. The first kappa shape index (κ1) is 9.13. The summed E-state index contributed by atoms with van der Waals surface area (Å²) in [6.45, 7) is 3.41. The number of methoxy groups -OCH3 is 1. The van der Waals surface area contributed by atoms with Crippen LogP contribution in [0.1, 0.15) is 6.42 Å². The predicted molar refractivity (Wildman–Crippen MR) is 35.5 cm³/mol. The van der Waals surface area contributed by atoms with E-state index >= 15 is 0 Å². The van der Waals surface area contributed by atoms with Gasteiger partial charge in [0.1, 0.15) is 6.04 Å². The lowest BCUT2D eigenvalue weighted by atomic mass is 10.2. The fourth-order valence-electron chi connectivity index (χ4n) is 0.511. The standard InChI is InChI=1S/C6H11NO3/c1-3-4-5(7-9)6(8)10-2/h3,5,7,9H,1,4H2,2H3. The SMILES string of the molecule is C=CCC(NO)C(=O)OC. The van der Waals surface area contributed by atoms with E-state index in [2.05, 4.69) is 11.3 Å². The Kier molecular flexibility index (Phi) is 4.53. The quantitative estimate of drug-likeness (QED) is 0.334. The van der Waals surface area contributed by atoms with Crippen LogP contribution in [0.2, 0.25) is 0 Å². The average Bonchev–Trinajstić information content (AvgIpc) is 1.99. The molecule has 0 saturated heterocycles. The van der Waals surface area contributed by atoms with Crippen LogP contribution in [-0.2, 0) is 9.53 Å². The minimum atomic E-state index is -0.692. The molecule has 0 aliphatic heterocycles. The number of hydrogen-bond donors (Lipinski definition) is 2. The molecule has 0 rings (SSSR count). The van der Waals surface area contributed by atoms with Crippen molar-refractivity contribution in [1.29, 1.82) is 0 Å². The van der Waals surface area contributed by atoms with Gasteiger partial charge < -0.3 is 9.94 Å². The monoisotopic (exact) mass is 145 g/mol. The minimum Gasteiger partial charge on any atom is -0.468 e. The van der Waals surface area contributed by atoms with Gasteiger partial charge in [-0.05, 0) is 6.42 Å². The van der Waals surface area contributed by atoms with Gasteiger partial charge in [-0.15, -0.1) is 6.58 Å². The van der Waals surface area contributed by atoms with Crippen LogP contribution < -0.4 is 5.48 Å². The van der Waals surface area contributed by atoms with E-state index in [1.54, 1.807) is 0 Å². The molecular formula is C6H11NO3. The maximum atomic E-state index is 10.6. The largest absolute Gasteiger partial charge is 0.468 e. The van der Waals surface area contributed by atoms with Crippen molar-refractivity contribution >= 4 is 5.97 Å². The molecule has 0 spiro atoms. The van der Waals surface area contributed by atoms with E-state index in [4.69, 9.17) is 5.21 Å². The molecule has 1 atom stereocenters. The molecule has 0 fully saturated rings. The molecule has 0 radical (unpaired) electrons. The summed E-state index contributed by atoms with van der Waals surface area (Å²) in [6.07, 6.45) is 1.87. The molecule has 0 aromatic heterocycles. The van der Waals surface area contributed by atoms with Crippen LogP contribution >= 0.6 is 0 Å². The zero-order valence-corrected chi connectivity index (χ0v) is 5.83. The number of esters is 1. The Bertz CT molecular complexity index is 124. The van der Waals surface area contributed by atoms with Gasteiger partial charge >= 0.3 is 5.97 Å². The minimum absolute atomic E-state index is 0.350. The Hall–Kier alpha value is -0.870. The second-order valence-corrected chi connectivity index (χ2v) is 1.73. The van der Waals surface area contributed by atoms with Crippen molar-refractivity contribution in [3.63, 3.8) is 0 Å². The van der Waals surface area contributed by atoms with Gasteiger partial charge in [0, 0.05) is 0 Å². The first-order valence-corrected chi connectivity index (χ1v) is 2.84. The topological polar surface area (TPSA) is 58.6 Å². The van der Waals surface area contributed by atoms with Crippen molar-refractivity contribution in [3.8, 4) is 0 Å². The highest BCUT2D eigenvalue weighted by atomic mass is 16.5. The number of rotatable bonds is 4. The average molecular weight is 145 g/mol. The molecule has 4 heteroatoms. The van der Waals surface area contributed by atoms with Crippen LogP contribution in [0.15, 0.2) is 12.7 Å². The van der Waals surface area contributed by atoms with Gasteiger partial charge in [-0.2, -0.15) is 5.48 Å². The molecule has 2 N–H and O–H groups in total. The summed E-state index contributed by atoms with van der Waals surface area (Å²) < 4.78 is 4.35. The van der Waals surface area contributed by atoms with Crippen LogP contribution in [0, 0.1) is 0 Å². The van der Waals surface area contributed by atoms with E-state index in [0.717, 1.165) is 0 Å². The third-order valence-corrected chi connectivity index (χ3v) is 1.04. The second kappa shape index (κ2) is 4.96. The summed E-state index contributed by atoms with van der Waals surface area (Å²) in [4.78, 5) is 10.6. The maximum absolute atomic E-state index is 10.6. The number of carbonyl (C=O) groups is 1.